The fourth-order valence-corrected chi connectivity index (χ4v) is 2.32. The predicted octanol–water partition coefficient (Wildman–Crippen LogP) is 0.746. The van der Waals surface area contributed by atoms with Crippen molar-refractivity contribution in [3.8, 4) is 0 Å². The lowest BCUT2D eigenvalue weighted by Crippen LogP contribution is -2.51. The molecule has 0 aromatic rings. The summed E-state index contributed by atoms with van der Waals surface area (Å²) < 4.78 is 4.92. The lowest BCUT2D eigenvalue weighted by Gasteiger charge is -2.37. The predicted molar refractivity (Wildman–Crippen MR) is 82.3 cm³/mol. The van der Waals surface area contributed by atoms with Gasteiger partial charge in [0.2, 0.25) is 5.91 Å². The van der Waals surface area contributed by atoms with Crippen LogP contribution in [-0.4, -0.2) is 68.2 Å². The lowest BCUT2D eigenvalue weighted by molar-refractivity contribution is -0.135. The van der Waals surface area contributed by atoms with E-state index < -0.39 is 6.04 Å². The van der Waals surface area contributed by atoms with Crippen LogP contribution in [0.5, 0.6) is 0 Å². The van der Waals surface area contributed by atoms with Crippen molar-refractivity contribution in [2.24, 2.45) is 5.73 Å². The van der Waals surface area contributed by atoms with Crippen LogP contribution in [0, 0.1) is 0 Å². The van der Waals surface area contributed by atoms with Gasteiger partial charge in [0.05, 0.1) is 6.61 Å². The number of amides is 1. The number of rotatable bonds is 5. The van der Waals surface area contributed by atoms with E-state index in [-0.39, 0.29) is 37.3 Å². The van der Waals surface area contributed by atoms with E-state index >= 15 is 0 Å². The van der Waals surface area contributed by atoms with Crippen molar-refractivity contribution in [2.75, 3.05) is 40.4 Å². The normalized spacial score (nSPS) is 18.1. The number of carbonyl (C=O) groups is 1. The Labute approximate surface area is 128 Å². The summed E-state index contributed by atoms with van der Waals surface area (Å²) in [6.07, 6.45) is 2.07. The molecule has 0 spiro atoms. The lowest BCUT2D eigenvalue weighted by atomic mass is 10.0. The highest BCUT2D eigenvalue weighted by atomic mass is 35.5. The summed E-state index contributed by atoms with van der Waals surface area (Å²) >= 11 is 0. The van der Waals surface area contributed by atoms with Crippen LogP contribution in [0.2, 0.25) is 0 Å². The molecule has 0 radical (unpaired) electrons. The summed E-state index contributed by atoms with van der Waals surface area (Å²) in [5.41, 5.74) is 5.76. The summed E-state index contributed by atoms with van der Waals surface area (Å²) in [4.78, 5) is 16.2. The van der Waals surface area contributed by atoms with Gasteiger partial charge in [0.1, 0.15) is 6.04 Å². The Morgan fingerprint density at radius 2 is 1.95 bits per heavy atom. The van der Waals surface area contributed by atoms with E-state index in [0.29, 0.717) is 6.04 Å². The molecule has 1 aliphatic heterocycles. The van der Waals surface area contributed by atoms with Gasteiger partial charge in [0.25, 0.3) is 0 Å². The Morgan fingerprint density at radius 3 is 2.37 bits per heavy atom. The van der Waals surface area contributed by atoms with Gasteiger partial charge in [-0.3, -0.25) is 4.79 Å². The highest BCUT2D eigenvalue weighted by molar-refractivity contribution is 5.85. The largest absolute Gasteiger partial charge is 0.383 e. The number of halogens is 2. The van der Waals surface area contributed by atoms with Crippen LogP contribution in [0.1, 0.15) is 19.8 Å². The van der Waals surface area contributed by atoms with Crippen molar-refractivity contribution in [2.45, 2.75) is 31.8 Å². The molecule has 0 saturated carbocycles. The quantitative estimate of drug-likeness (QED) is 0.813. The fraction of sp³-hybridized carbons (Fsp3) is 0.917. The first kappa shape index (κ1) is 21.2. The van der Waals surface area contributed by atoms with Gasteiger partial charge in [-0.15, -0.1) is 24.8 Å². The average molecular weight is 316 g/mol. The van der Waals surface area contributed by atoms with Crippen molar-refractivity contribution >= 4 is 30.7 Å². The fourth-order valence-electron chi connectivity index (χ4n) is 2.32. The van der Waals surface area contributed by atoms with E-state index in [1.807, 2.05) is 7.05 Å². The molecule has 1 fully saturated rings. The van der Waals surface area contributed by atoms with Crippen molar-refractivity contribution in [3.05, 3.63) is 0 Å². The number of hydrogen-bond donors (Lipinski definition) is 1. The van der Waals surface area contributed by atoms with Crippen molar-refractivity contribution in [3.63, 3.8) is 0 Å². The van der Waals surface area contributed by atoms with E-state index in [4.69, 9.17) is 10.5 Å². The van der Waals surface area contributed by atoms with Crippen molar-refractivity contribution in [1.29, 1.82) is 0 Å². The number of methoxy groups -OCH3 is 1. The van der Waals surface area contributed by atoms with Gasteiger partial charge in [-0.05, 0) is 19.4 Å². The Bertz CT molecular complexity index is 249. The molecular formula is C12H27Cl2N3O2. The third kappa shape index (κ3) is 6.27. The summed E-state index contributed by atoms with van der Waals surface area (Å²) in [6.45, 7) is 5.69. The zero-order chi connectivity index (χ0) is 12.8. The molecule has 1 atom stereocenters. The molecule has 0 bridgehead atoms. The Hall–Kier alpha value is -0.0700. The zero-order valence-corrected chi connectivity index (χ0v) is 13.6. The van der Waals surface area contributed by atoms with E-state index in [1.165, 1.54) is 0 Å². The maximum Gasteiger partial charge on any atom is 0.241 e. The first-order chi connectivity index (χ1) is 8.10. The van der Waals surface area contributed by atoms with E-state index in [9.17, 15) is 4.79 Å². The minimum absolute atomic E-state index is 0. The average Bonchev–Trinajstić information content (AvgIpc) is 2.37. The van der Waals surface area contributed by atoms with Gasteiger partial charge in [-0.25, -0.2) is 0 Å². The van der Waals surface area contributed by atoms with Gasteiger partial charge in [-0.2, -0.15) is 0 Å². The molecule has 116 valence electrons. The molecular weight excluding hydrogens is 289 g/mol. The maximum absolute atomic E-state index is 12.0. The molecule has 5 nitrogen and oxygen atoms in total. The number of nitrogens with zero attached hydrogens (tertiary/aromatic N) is 2. The molecule has 1 aliphatic rings. The van der Waals surface area contributed by atoms with Crippen LogP contribution >= 0.6 is 24.8 Å². The molecule has 0 aromatic heterocycles. The monoisotopic (exact) mass is 315 g/mol. The van der Waals surface area contributed by atoms with Gasteiger partial charge in [-0.1, -0.05) is 6.92 Å². The molecule has 7 heteroatoms. The Balaban J connectivity index is 0. The highest BCUT2D eigenvalue weighted by Crippen LogP contribution is 2.15. The number of hydrogen-bond acceptors (Lipinski definition) is 4. The number of ether oxygens (including phenoxy) is 1. The van der Waals surface area contributed by atoms with E-state index in [0.717, 1.165) is 32.5 Å². The Kier molecular flexibility index (Phi) is 11.9. The second-order valence-electron chi connectivity index (χ2n) is 4.68. The van der Waals surface area contributed by atoms with E-state index in [1.54, 1.807) is 12.0 Å². The molecule has 2 N–H and O–H groups in total. The highest BCUT2D eigenvalue weighted by Gasteiger charge is 2.27. The molecule has 19 heavy (non-hydrogen) atoms. The standard InChI is InChI=1S/C12H25N3O2.2ClH/c1-4-15-7-5-10(6-8-15)14(2)12(16)11(13)9-17-3;;/h10-11H,4-9,13H2,1-3H3;2*1H. The summed E-state index contributed by atoms with van der Waals surface area (Å²) in [7, 11) is 3.41. The van der Waals surface area contributed by atoms with Gasteiger partial charge in [0, 0.05) is 33.3 Å². The van der Waals surface area contributed by atoms with Gasteiger partial charge in [0.15, 0.2) is 0 Å². The molecule has 0 aliphatic carbocycles. The van der Waals surface area contributed by atoms with Crippen LogP contribution in [0.25, 0.3) is 0 Å². The first-order valence-corrected chi connectivity index (χ1v) is 6.33. The number of likely N-dealkylation sites (tertiary alicyclic amines) is 1. The third-order valence-corrected chi connectivity index (χ3v) is 3.56. The van der Waals surface area contributed by atoms with Crippen molar-refractivity contribution in [1.82, 2.24) is 9.80 Å². The molecule has 1 unspecified atom stereocenters. The molecule has 0 aromatic carbocycles. The van der Waals surface area contributed by atoms with Gasteiger partial charge >= 0.3 is 0 Å². The number of likely N-dealkylation sites (N-methyl/N-ethyl adjacent to an activating group) is 1. The van der Waals surface area contributed by atoms with Crippen molar-refractivity contribution < 1.29 is 9.53 Å². The minimum atomic E-state index is -0.533. The summed E-state index contributed by atoms with van der Waals surface area (Å²) in [5, 5.41) is 0. The number of nitrogens with two attached hydrogens (primary N) is 1. The number of piperidine rings is 1. The molecule has 1 heterocycles. The van der Waals surface area contributed by atoms with E-state index in [2.05, 4.69) is 11.8 Å². The first-order valence-electron chi connectivity index (χ1n) is 6.33. The smallest absolute Gasteiger partial charge is 0.241 e. The number of carbonyl (C=O) groups excluding carboxylic acids is 1. The summed E-state index contributed by atoms with van der Waals surface area (Å²) in [6, 6.07) is -0.206. The topological polar surface area (TPSA) is 58.8 Å². The van der Waals surface area contributed by atoms with Crippen LogP contribution in [-0.2, 0) is 9.53 Å². The second-order valence-corrected chi connectivity index (χ2v) is 4.68. The molecule has 1 amide bonds. The second kappa shape index (κ2) is 10.7. The van der Waals surface area contributed by atoms with Gasteiger partial charge < -0.3 is 20.3 Å². The zero-order valence-electron chi connectivity index (χ0n) is 12.0. The molecule has 1 rings (SSSR count). The van der Waals surface area contributed by atoms with Crippen LogP contribution in [0.15, 0.2) is 0 Å². The van der Waals surface area contributed by atoms with Crippen LogP contribution < -0.4 is 5.73 Å². The maximum atomic E-state index is 12.0. The minimum Gasteiger partial charge on any atom is -0.383 e. The SMILES string of the molecule is CCN1CCC(N(C)C(=O)C(N)COC)CC1.Cl.Cl. The van der Waals surface area contributed by atoms with Crippen LogP contribution in [0.3, 0.4) is 0 Å². The third-order valence-electron chi connectivity index (χ3n) is 3.56. The Morgan fingerprint density at radius 1 is 1.42 bits per heavy atom. The van der Waals surface area contributed by atoms with Crippen LogP contribution in [0.4, 0.5) is 0 Å². The summed E-state index contributed by atoms with van der Waals surface area (Å²) in [5.74, 6) is -0.0122. The molecule has 1 saturated heterocycles.